The highest BCUT2D eigenvalue weighted by atomic mass is 32.2. The second kappa shape index (κ2) is 8.77. The number of benzene rings is 1. The van der Waals surface area contributed by atoms with E-state index in [0.717, 1.165) is 16.8 Å². The normalized spacial score (nSPS) is 19.9. The van der Waals surface area contributed by atoms with E-state index in [-0.39, 0.29) is 24.5 Å². The van der Waals surface area contributed by atoms with Crippen molar-refractivity contribution in [1.82, 2.24) is 20.1 Å². The quantitative estimate of drug-likeness (QED) is 0.714. The molecule has 158 valence electrons. The number of halogens is 3. The molecule has 0 aliphatic heterocycles. The molecular weight excluding hydrogens is 401 g/mol. The Kier molecular flexibility index (Phi) is 6.55. The van der Waals surface area contributed by atoms with Gasteiger partial charge in [0.15, 0.2) is 5.16 Å². The number of rotatable bonds is 5. The number of carbonyl (C=O) groups is 1. The first-order valence-electron chi connectivity index (χ1n) is 9.63. The zero-order valence-corrected chi connectivity index (χ0v) is 17.5. The van der Waals surface area contributed by atoms with E-state index in [1.165, 1.54) is 11.8 Å². The molecule has 1 fully saturated rings. The average Bonchev–Trinajstić information content (AvgIpc) is 3.02. The van der Waals surface area contributed by atoms with Gasteiger partial charge in [0.2, 0.25) is 5.91 Å². The van der Waals surface area contributed by atoms with Crippen molar-refractivity contribution in [3.63, 3.8) is 0 Å². The molecule has 5 nitrogen and oxygen atoms in total. The highest BCUT2D eigenvalue weighted by molar-refractivity contribution is 7.99. The molecule has 1 amide bonds. The predicted molar refractivity (Wildman–Crippen MR) is 106 cm³/mol. The maximum Gasteiger partial charge on any atom is 0.391 e. The van der Waals surface area contributed by atoms with Gasteiger partial charge in [0.1, 0.15) is 5.82 Å². The summed E-state index contributed by atoms with van der Waals surface area (Å²) in [6, 6.07) is 5.65. The van der Waals surface area contributed by atoms with Gasteiger partial charge in [-0.2, -0.15) is 13.2 Å². The van der Waals surface area contributed by atoms with Crippen LogP contribution in [-0.4, -0.2) is 38.6 Å². The standard InChI is InChI=1S/C20H25F3N4OS/c1-12-7-8-13(2)17(9-12)27-14(3)25-26-19(27)29-11-18(28)24-16-6-4-5-15(10-16)20(21,22)23/h7-9,15-16H,4-6,10-11H2,1-3H3,(H,24,28). The van der Waals surface area contributed by atoms with Gasteiger partial charge in [0, 0.05) is 6.04 Å². The second-order valence-corrected chi connectivity index (χ2v) is 8.56. The number of amides is 1. The molecule has 2 unspecified atom stereocenters. The highest BCUT2D eigenvalue weighted by Gasteiger charge is 2.42. The third-order valence-electron chi connectivity index (χ3n) is 5.24. The Balaban J connectivity index is 1.64. The smallest absolute Gasteiger partial charge is 0.353 e. The van der Waals surface area contributed by atoms with Crippen LogP contribution in [0.1, 0.15) is 42.6 Å². The van der Waals surface area contributed by atoms with Gasteiger partial charge in [-0.25, -0.2) is 0 Å². The van der Waals surface area contributed by atoms with Crippen LogP contribution in [0.15, 0.2) is 23.4 Å². The van der Waals surface area contributed by atoms with E-state index in [4.69, 9.17) is 0 Å². The summed E-state index contributed by atoms with van der Waals surface area (Å²) in [5, 5.41) is 11.6. The number of nitrogens with zero attached hydrogens (tertiary/aromatic N) is 3. The fourth-order valence-corrected chi connectivity index (χ4v) is 4.49. The summed E-state index contributed by atoms with van der Waals surface area (Å²) in [6.07, 6.45) is -3.04. The van der Waals surface area contributed by atoms with Crippen LogP contribution in [-0.2, 0) is 4.79 Å². The summed E-state index contributed by atoms with van der Waals surface area (Å²) in [5.74, 6) is -0.821. The van der Waals surface area contributed by atoms with Gasteiger partial charge in [-0.3, -0.25) is 9.36 Å². The van der Waals surface area contributed by atoms with Crippen molar-refractivity contribution in [3.05, 3.63) is 35.2 Å². The molecule has 1 N–H and O–H groups in total. The van der Waals surface area contributed by atoms with E-state index in [1.807, 2.05) is 43.5 Å². The van der Waals surface area contributed by atoms with Gasteiger partial charge in [-0.1, -0.05) is 30.3 Å². The Bertz CT molecular complexity index is 881. The van der Waals surface area contributed by atoms with Crippen molar-refractivity contribution in [3.8, 4) is 5.69 Å². The molecule has 0 saturated heterocycles. The number of thioether (sulfide) groups is 1. The zero-order chi connectivity index (χ0) is 21.2. The Morgan fingerprint density at radius 2 is 2.00 bits per heavy atom. The number of aryl methyl sites for hydroxylation is 3. The Morgan fingerprint density at radius 3 is 2.72 bits per heavy atom. The Morgan fingerprint density at radius 1 is 1.24 bits per heavy atom. The Hall–Kier alpha value is -2.03. The summed E-state index contributed by atoms with van der Waals surface area (Å²) >= 11 is 1.24. The van der Waals surface area contributed by atoms with E-state index in [2.05, 4.69) is 15.5 Å². The molecule has 29 heavy (non-hydrogen) atoms. The van der Waals surface area contributed by atoms with E-state index in [9.17, 15) is 18.0 Å². The monoisotopic (exact) mass is 426 g/mol. The lowest BCUT2D eigenvalue weighted by atomic mass is 9.85. The number of aromatic nitrogens is 3. The first kappa shape index (κ1) is 21.7. The maximum absolute atomic E-state index is 13.0. The fraction of sp³-hybridized carbons (Fsp3) is 0.550. The van der Waals surface area contributed by atoms with Crippen LogP contribution in [0.25, 0.3) is 5.69 Å². The van der Waals surface area contributed by atoms with Gasteiger partial charge >= 0.3 is 6.18 Å². The third kappa shape index (κ3) is 5.32. The zero-order valence-electron chi connectivity index (χ0n) is 16.7. The van der Waals surface area contributed by atoms with Crippen molar-refractivity contribution in [2.24, 2.45) is 5.92 Å². The molecule has 1 aromatic heterocycles. The van der Waals surface area contributed by atoms with Crippen LogP contribution in [0.4, 0.5) is 13.2 Å². The molecule has 1 aromatic carbocycles. The van der Waals surface area contributed by atoms with Gasteiger partial charge in [0.05, 0.1) is 17.4 Å². The number of alkyl halides is 3. The number of hydrogen-bond donors (Lipinski definition) is 1. The number of carbonyl (C=O) groups excluding carboxylic acids is 1. The minimum absolute atomic E-state index is 0.0440. The van der Waals surface area contributed by atoms with E-state index in [0.29, 0.717) is 23.8 Å². The first-order valence-corrected chi connectivity index (χ1v) is 10.6. The maximum atomic E-state index is 13.0. The highest BCUT2D eigenvalue weighted by Crippen LogP contribution is 2.37. The van der Waals surface area contributed by atoms with Crippen molar-refractivity contribution >= 4 is 17.7 Å². The minimum atomic E-state index is -4.20. The van der Waals surface area contributed by atoms with Gasteiger partial charge < -0.3 is 5.32 Å². The topological polar surface area (TPSA) is 59.8 Å². The summed E-state index contributed by atoms with van der Waals surface area (Å²) in [4.78, 5) is 12.3. The second-order valence-electron chi connectivity index (χ2n) is 7.61. The molecular formula is C20H25F3N4OS. The van der Waals surface area contributed by atoms with Crippen molar-refractivity contribution in [2.45, 2.75) is 63.8 Å². The fourth-order valence-electron chi connectivity index (χ4n) is 3.69. The lowest BCUT2D eigenvalue weighted by Gasteiger charge is -2.31. The summed E-state index contributed by atoms with van der Waals surface area (Å²) in [6.45, 7) is 5.84. The average molecular weight is 427 g/mol. The molecule has 3 rings (SSSR count). The van der Waals surface area contributed by atoms with Crippen LogP contribution in [0.3, 0.4) is 0 Å². The molecule has 2 atom stereocenters. The van der Waals surface area contributed by atoms with Gasteiger partial charge in [-0.05, 0) is 57.2 Å². The SMILES string of the molecule is Cc1ccc(C)c(-n2c(C)nnc2SCC(=O)NC2CCCC(C(F)(F)F)C2)c1. The molecule has 0 radical (unpaired) electrons. The summed E-state index contributed by atoms with van der Waals surface area (Å²) in [5.41, 5.74) is 3.12. The van der Waals surface area contributed by atoms with Crippen molar-refractivity contribution in [2.75, 3.05) is 5.75 Å². The van der Waals surface area contributed by atoms with E-state index < -0.39 is 18.1 Å². The molecule has 1 heterocycles. The molecule has 0 bridgehead atoms. The largest absolute Gasteiger partial charge is 0.391 e. The lowest BCUT2D eigenvalue weighted by molar-refractivity contribution is -0.184. The number of nitrogens with one attached hydrogen (secondary N) is 1. The molecule has 1 aliphatic carbocycles. The summed E-state index contributed by atoms with van der Waals surface area (Å²) < 4.78 is 40.8. The molecule has 2 aromatic rings. The third-order valence-corrected chi connectivity index (χ3v) is 6.16. The summed E-state index contributed by atoms with van der Waals surface area (Å²) in [7, 11) is 0. The van der Waals surface area contributed by atoms with Crippen LogP contribution in [0.2, 0.25) is 0 Å². The van der Waals surface area contributed by atoms with Crippen molar-refractivity contribution in [1.29, 1.82) is 0 Å². The number of hydrogen-bond acceptors (Lipinski definition) is 4. The Labute approximate surface area is 172 Å². The molecule has 9 heteroatoms. The minimum Gasteiger partial charge on any atom is -0.353 e. The van der Waals surface area contributed by atoms with E-state index in [1.54, 1.807) is 0 Å². The molecule has 1 saturated carbocycles. The van der Waals surface area contributed by atoms with Crippen LogP contribution >= 0.6 is 11.8 Å². The van der Waals surface area contributed by atoms with Crippen LogP contribution in [0, 0.1) is 26.7 Å². The predicted octanol–water partition coefficient (Wildman–Crippen LogP) is 4.52. The van der Waals surface area contributed by atoms with Gasteiger partial charge in [-0.15, -0.1) is 10.2 Å². The molecule has 0 spiro atoms. The van der Waals surface area contributed by atoms with Crippen LogP contribution < -0.4 is 5.32 Å². The van der Waals surface area contributed by atoms with Crippen LogP contribution in [0.5, 0.6) is 0 Å². The molecule has 1 aliphatic rings. The van der Waals surface area contributed by atoms with Gasteiger partial charge in [0.25, 0.3) is 0 Å². The van der Waals surface area contributed by atoms with Crippen molar-refractivity contribution < 1.29 is 18.0 Å². The first-order chi connectivity index (χ1) is 13.6. The lowest BCUT2D eigenvalue weighted by Crippen LogP contribution is -2.42. The van der Waals surface area contributed by atoms with E-state index >= 15 is 0 Å².